The van der Waals surface area contributed by atoms with E-state index in [0.717, 1.165) is 22.6 Å². The van der Waals surface area contributed by atoms with Gasteiger partial charge in [0.2, 0.25) is 5.82 Å². The SMILES string of the molecule is Cn1cc(CN2C(=O)[n+]3c(Cc4ccc(Cl)nc4)cccc32)cn1. The number of rotatable bonds is 4. The average molecular weight is 341 g/mol. The molecule has 0 fully saturated rings. The zero-order valence-electron chi connectivity index (χ0n) is 13.1. The predicted octanol–water partition coefficient (Wildman–Crippen LogP) is 2.34. The molecular weight excluding hydrogens is 326 g/mol. The van der Waals surface area contributed by atoms with Gasteiger partial charge in [0.25, 0.3) is 0 Å². The van der Waals surface area contributed by atoms with Crippen molar-refractivity contribution in [3.8, 4) is 0 Å². The minimum Gasteiger partial charge on any atom is -0.275 e. The first kappa shape index (κ1) is 14.8. The fraction of sp³-hybridized carbons (Fsp3) is 0.176. The Kier molecular flexibility index (Phi) is 3.54. The topological polar surface area (TPSA) is 54.9 Å². The minimum atomic E-state index is -0.0219. The molecule has 0 radical (unpaired) electrons. The molecule has 1 aliphatic heterocycles. The van der Waals surface area contributed by atoms with Crippen LogP contribution in [0.4, 0.5) is 10.6 Å². The van der Waals surface area contributed by atoms with Crippen LogP contribution in [0.3, 0.4) is 0 Å². The molecule has 1 amide bonds. The van der Waals surface area contributed by atoms with Gasteiger partial charge < -0.3 is 0 Å². The Labute approximate surface area is 143 Å². The largest absolute Gasteiger partial charge is 0.450 e. The van der Waals surface area contributed by atoms with Crippen molar-refractivity contribution in [2.45, 2.75) is 13.0 Å². The predicted molar refractivity (Wildman–Crippen MR) is 88.9 cm³/mol. The number of anilines is 1. The van der Waals surface area contributed by atoms with Gasteiger partial charge in [-0.05, 0) is 17.7 Å². The molecule has 6 nitrogen and oxygen atoms in total. The number of aryl methyl sites for hydroxylation is 1. The number of hydrogen-bond acceptors (Lipinski definition) is 3. The van der Waals surface area contributed by atoms with Crippen LogP contribution in [0.25, 0.3) is 0 Å². The number of carbonyl (C=O) groups is 1. The smallest absolute Gasteiger partial charge is 0.275 e. The Morgan fingerprint density at radius 1 is 1.17 bits per heavy atom. The Bertz CT molecular complexity index is 919. The van der Waals surface area contributed by atoms with E-state index in [-0.39, 0.29) is 6.03 Å². The summed E-state index contributed by atoms with van der Waals surface area (Å²) in [4.78, 5) is 18.4. The molecule has 0 atom stereocenters. The van der Waals surface area contributed by atoms with Gasteiger partial charge in [-0.1, -0.05) is 23.7 Å². The van der Waals surface area contributed by atoms with Crippen molar-refractivity contribution in [2.24, 2.45) is 7.05 Å². The van der Waals surface area contributed by atoms with Gasteiger partial charge in [-0.3, -0.25) is 4.68 Å². The average Bonchev–Trinajstić information content (AvgIpc) is 2.99. The van der Waals surface area contributed by atoms with Gasteiger partial charge in [0.1, 0.15) is 11.7 Å². The maximum atomic E-state index is 12.6. The van der Waals surface area contributed by atoms with Gasteiger partial charge in [-0.15, -0.1) is 0 Å². The van der Waals surface area contributed by atoms with Crippen molar-refractivity contribution in [3.63, 3.8) is 0 Å². The van der Waals surface area contributed by atoms with Crippen molar-refractivity contribution >= 4 is 23.4 Å². The number of aromatic nitrogens is 4. The number of hydrogen-bond donors (Lipinski definition) is 0. The van der Waals surface area contributed by atoms with Crippen LogP contribution in [0.5, 0.6) is 0 Å². The lowest BCUT2D eigenvalue weighted by molar-refractivity contribution is -0.587. The number of pyridine rings is 2. The minimum absolute atomic E-state index is 0.0219. The molecule has 0 unspecified atom stereocenters. The highest BCUT2D eigenvalue weighted by molar-refractivity contribution is 6.29. The maximum absolute atomic E-state index is 12.6. The monoisotopic (exact) mass is 340 g/mol. The highest BCUT2D eigenvalue weighted by atomic mass is 35.5. The van der Waals surface area contributed by atoms with E-state index < -0.39 is 0 Å². The summed E-state index contributed by atoms with van der Waals surface area (Å²) in [6.07, 6.45) is 6.06. The number of amides is 1. The Morgan fingerprint density at radius 3 is 2.75 bits per heavy atom. The van der Waals surface area contributed by atoms with Crippen molar-refractivity contribution in [1.29, 1.82) is 0 Å². The van der Waals surface area contributed by atoms with Crippen molar-refractivity contribution < 1.29 is 9.36 Å². The maximum Gasteiger partial charge on any atom is 0.450 e. The fourth-order valence-electron chi connectivity index (χ4n) is 2.89. The third kappa shape index (κ3) is 2.55. The summed E-state index contributed by atoms with van der Waals surface area (Å²) >= 11 is 5.82. The zero-order valence-corrected chi connectivity index (χ0v) is 13.8. The Morgan fingerprint density at radius 2 is 2.04 bits per heavy atom. The van der Waals surface area contributed by atoms with Crippen molar-refractivity contribution in [2.75, 3.05) is 4.90 Å². The highest BCUT2D eigenvalue weighted by Crippen LogP contribution is 2.22. The summed E-state index contributed by atoms with van der Waals surface area (Å²) in [6.45, 7) is 0.526. The van der Waals surface area contributed by atoms with E-state index in [4.69, 9.17) is 11.6 Å². The zero-order chi connectivity index (χ0) is 16.7. The van der Waals surface area contributed by atoms with Crippen LogP contribution in [0.1, 0.15) is 16.8 Å². The van der Waals surface area contributed by atoms with E-state index in [1.54, 1.807) is 32.6 Å². The molecule has 0 saturated heterocycles. The molecule has 4 rings (SSSR count). The van der Waals surface area contributed by atoms with E-state index in [1.807, 2.05) is 37.5 Å². The molecule has 7 heteroatoms. The molecular formula is C17H15ClN5O+. The summed E-state index contributed by atoms with van der Waals surface area (Å²) in [6, 6.07) is 9.52. The number of nitrogens with zero attached hydrogens (tertiary/aromatic N) is 5. The van der Waals surface area contributed by atoms with Crippen LogP contribution in [-0.2, 0) is 20.0 Å². The molecule has 0 saturated carbocycles. The van der Waals surface area contributed by atoms with Gasteiger partial charge in [0.15, 0.2) is 0 Å². The normalized spacial score (nSPS) is 12.9. The van der Waals surface area contributed by atoms with Crippen LogP contribution in [0, 0.1) is 0 Å². The van der Waals surface area contributed by atoms with E-state index in [1.165, 1.54) is 0 Å². The summed E-state index contributed by atoms with van der Waals surface area (Å²) in [5, 5.41) is 4.61. The number of fused-ring (bicyclic) bond motifs is 1. The second-order valence-corrected chi connectivity index (χ2v) is 6.15. The summed E-state index contributed by atoms with van der Waals surface area (Å²) in [5.74, 6) is 0.892. The first-order valence-corrected chi connectivity index (χ1v) is 7.93. The molecule has 120 valence electrons. The fourth-order valence-corrected chi connectivity index (χ4v) is 3.00. The highest BCUT2D eigenvalue weighted by Gasteiger charge is 2.41. The standard InChI is InChI=1S/C17H15ClN5O/c1-21-10-13(9-20-21)11-22-16-4-2-3-14(23(16)17(22)24)7-12-5-6-15(18)19-8-12/h2-6,8-10H,7,11H2,1H3/q+1. The van der Waals surface area contributed by atoms with E-state index in [0.29, 0.717) is 18.1 Å². The van der Waals surface area contributed by atoms with Crippen LogP contribution >= 0.6 is 11.6 Å². The van der Waals surface area contributed by atoms with Gasteiger partial charge in [0, 0.05) is 37.5 Å². The third-order valence-corrected chi connectivity index (χ3v) is 4.25. The van der Waals surface area contributed by atoms with Crippen LogP contribution in [-0.4, -0.2) is 20.8 Å². The molecule has 3 aromatic rings. The van der Waals surface area contributed by atoms with Gasteiger partial charge >= 0.3 is 6.03 Å². The Balaban J connectivity index is 1.59. The number of halogens is 1. The molecule has 0 N–H and O–H groups in total. The Hall–Kier alpha value is -2.73. The van der Waals surface area contributed by atoms with Crippen LogP contribution < -0.4 is 9.47 Å². The van der Waals surface area contributed by atoms with Gasteiger partial charge in [-0.25, -0.2) is 9.78 Å². The molecule has 4 heterocycles. The van der Waals surface area contributed by atoms with Gasteiger partial charge in [-0.2, -0.15) is 14.6 Å². The quantitative estimate of drug-likeness (QED) is 0.541. The lowest BCUT2D eigenvalue weighted by atomic mass is 10.1. The first-order chi connectivity index (χ1) is 11.6. The molecule has 0 spiro atoms. The second kappa shape index (κ2) is 5.72. The molecule has 0 aliphatic carbocycles. The number of carbonyl (C=O) groups excluding carboxylic acids is 1. The lowest BCUT2D eigenvalue weighted by Gasteiger charge is -2.28. The van der Waals surface area contributed by atoms with Crippen LogP contribution in [0.2, 0.25) is 5.15 Å². The first-order valence-electron chi connectivity index (χ1n) is 7.55. The lowest BCUT2D eigenvalue weighted by Crippen LogP contribution is -2.67. The van der Waals surface area contributed by atoms with Crippen LogP contribution in [0.15, 0.2) is 48.9 Å². The molecule has 0 bridgehead atoms. The second-order valence-electron chi connectivity index (χ2n) is 5.77. The van der Waals surface area contributed by atoms with Crippen molar-refractivity contribution in [3.05, 3.63) is 70.9 Å². The molecule has 3 aromatic heterocycles. The summed E-state index contributed by atoms with van der Waals surface area (Å²) < 4.78 is 3.47. The summed E-state index contributed by atoms with van der Waals surface area (Å²) in [7, 11) is 1.86. The molecule has 24 heavy (non-hydrogen) atoms. The van der Waals surface area contributed by atoms with Gasteiger partial charge in [0.05, 0.1) is 11.9 Å². The van der Waals surface area contributed by atoms with E-state index in [2.05, 4.69) is 10.1 Å². The molecule has 0 aromatic carbocycles. The third-order valence-electron chi connectivity index (χ3n) is 4.02. The van der Waals surface area contributed by atoms with Crippen molar-refractivity contribution in [1.82, 2.24) is 14.8 Å². The summed E-state index contributed by atoms with van der Waals surface area (Å²) in [5.41, 5.74) is 2.95. The molecule has 1 aliphatic rings. The van der Waals surface area contributed by atoms with E-state index >= 15 is 0 Å². The van der Waals surface area contributed by atoms with E-state index in [9.17, 15) is 4.79 Å².